The number of carbonyl (C=O) groups excluding carboxylic acids is 1. The van der Waals surface area contributed by atoms with Gasteiger partial charge in [0.15, 0.2) is 11.0 Å². The van der Waals surface area contributed by atoms with Crippen LogP contribution in [0.5, 0.6) is 0 Å². The monoisotopic (exact) mass is 410 g/mol. The highest BCUT2D eigenvalue weighted by molar-refractivity contribution is 8.00. The van der Waals surface area contributed by atoms with Gasteiger partial charge in [0.1, 0.15) is 5.82 Å². The second-order valence-corrected chi connectivity index (χ2v) is 8.01. The number of thioether (sulfide) groups is 1. The Morgan fingerprint density at radius 1 is 1.21 bits per heavy atom. The van der Waals surface area contributed by atoms with Crippen molar-refractivity contribution in [1.82, 2.24) is 14.8 Å². The molecule has 0 aliphatic carbocycles. The number of nitrogens with one attached hydrogen (secondary N) is 1. The van der Waals surface area contributed by atoms with Gasteiger partial charge in [-0.3, -0.25) is 9.36 Å². The Kier molecular flexibility index (Phi) is 6.49. The molecular formula is C22H23FN4OS. The molecule has 7 heteroatoms. The molecule has 3 aromatic rings. The number of carbonyl (C=O) groups is 1. The van der Waals surface area contributed by atoms with E-state index in [4.69, 9.17) is 0 Å². The van der Waals surface area contributed by atoms with E-state index < -0.39 is 5.25 Å². The molecule has 1 amide bonds. The lowest BCUT2D eigenvalue weighted by molar-refractivity contribution is -0.115. The lowest BCUT2D eigenvalue weighted by atomic mass is 10.1. The van der Waals surface area contributed by atoms with Crippen molar-refractivity contribution in [2.45, 2.75) is 37.7 Å². The van der Waals surface area contributed by atoms with Gasteiger partial charge >= 0.3 is 0 Å². The molecule has 0 radical (unpaired) electrons. The summed E-state index contributed by atoms with van der Waals surface area (Å²) in [5.41, 5.74) is 3.20. The van der Waals surface area contributed by atoms with E-state index in [1.54, 1.807) is 28.8 Å². The van der Waals surface area contributed by atoms with Crippen LogP contribution in [-0.2, 0) is 11.3 Å². The minimum absolute atomic E-state index is 0.131. The number of amides is 1. The van der Waals surface area contributed by atoms with Crippen LogP contribution in [0.15, 0.2) is 60.3 Å². The molecule has 0 aliphatic heterocycles. The Hall–Kier alpha value is -2.93. The van der Waals surface area contributed by atoms with Crippen molar-refractivity contribution in [1.29, 1.82) is 0 Å². The average molecular weight is 411 g/mol. The Labute approximate surface area is 174 Å². The van der Waals surface area contributed by atoms with Gasteiger partial charge in [-0.15, -0.1) is 16.8 Å². The summed E-state index contributed by atoms with van der Waals surface area (Å²) >= 11 is 1.28. The summed E-state index contributed by atoms with van der Waals surface area (Å²) in [5, 5.41) is 11.5. The van der Waals surface area contributed by atoms with Crippen LogP contribution in [0.1, 0.15) is 18.1 Å². The maximum Gasteiger partial charge on any atom is 0.237 e. The predicted molar refractivity (Wildman–Crippen MR) is 115 cm³/mol. The van der Waals surface area contributed by atoms with E-state index >= 15 is 0 Å². The summed E-state index contributed by atoms with van der Waals surface area (Å²) in [6.45, 7) is 9.90. The Bertz CT molecular complexity index is 1030. The van der Waals surface area contributed by atoms with Crippen molar-refractivity contribution in [3.63, 3.8) is 0 Å². The van der Waals surface area contributed by atoms with Crippen LogP contribution in [-0.4, -0.2) is 25.9 Å². The molecule has 5 nitrogen and oxygen atoms in total. The molecule has 0 saturated carbocycles. The number of halogens is 1. The quantitative estimate of drug-likeness (QED) is 0.440. The van der Waals surface area contributed by atoms with E-state index in [2.05, 4.69) is 22.1 Å². The van der Waals surface area contributed by atoms with Gasteiger partial charge in [0.2, 0.25) is 5.91 Å². The first-order valence-electron chi connectivity index (χ1n) is 9.25. The summed E-state index contributed by atoms with van der Waals surface area (Å²) < 4.78 is 16.0. The largest absolute Gasteiger partial charge is 0.325 e. The third-order valence-corrected chi connectivity index (χ3v) is 5.60. The zero-order valence-corrected chi connectivity index (χ0v) is 17.5. The summed E-state index contributed by atoms with van der Waals surface area (Å²) in [6, 6.07) is 12.3. The number of nitrogens with zero attached hydrogens (tertiary/aromatic N) is 3. The zero-order chi connectivity index (χ0) is 21.0. The van der Waals surface area contributed by atoms with Gasteiger partial charge in [0.25, 0.3) is 0 Å². The highest BCUT2D eigenvalue weighted by Gasteiger charge is 2.22. The van der Waals surface area contributed by atoms with E-state index in [-0.39, 0.29) is 11.7 Å². The van der Waals surface area contributed by atoms with Gasteiger partial charge in [-0.25, -0.2) is 4.39 Å². The van der Waals surface area contributed by atoms with Crippen molar-refractivity contribution in [3.05, 3.63) is 72.1 Å². The molecule has 0 aliphatic rings. The smallest absolute Gasteiger partial charge is 0.237 e. The fourth-order valence-electron chi connectivity index (χ4n) is 2.96. The molecule has 3 rings (SSSR count). The van der Waals surface area contributed by atoms with Crippen molar-refractivity contribution in [2.24, 2.45) is 0 Å². The first kappa shape index (κ1) is 20.8. The van der Waals surface area contributed by atoms with E-state index in [9.17, 15) is 9.18 Å². The highest BCUT2D eigenvalue weighted by atomic mass is 32.2. The average Bonchev–Trinajstić information content (AvgIpc) is 3.07. The van der Waals surface area contributed by atoms with E-state index in [1.165, 1.54) is 17.8 Å². The normalized spacial score (nSPS) is 11.9. The van der Waals surface area contributed by atoms with Crippen LogP contribution < -0.4 is 5.32 Å². The summed E-state index contributed by atoms with van der Waals surface area (Å²) in [7, 11) is 0. The van der Waals surface area contributed by atoms with Crippen molar-refractivity contribution >= 4 is 23.4 Å². The lowest BCUT2D eigenvalue weighted by Gasteiger charge is -2.15. The molecule has 0 bridgehead atoms. The number of anilines is 1. The first-order chi connectivity index (χ1) is 13.9. The van der Waals surface area contributed by atoms with Crippen LogP contribution in [0, 0.1) is 19.7 Å². The number of rotatable bonds is 7. The first-order valence-corrected chi connectivity index (χ1v) is 10.1. The zero-order valence-electron chi connectivity index (χ0n) is 16.6. The maximum atomic E-state index is 14.2. The number of para-hydroxylation sites is 1. The summed E-state index contributed by atoms with van der Waals surface area (Å²) in [4.78, 5) is 12.8. The van der Waals surface area contributed by atoms with Crippen LogP contribution in [0.4, 0.5) is 10.1 Å². The Morgan fingerprint density at radius 3 is 2.55 bits per heavy atom. The van der Waals surface area contributed by atoms with Gasteiger partial charge in [-0.05, 0) is 44.0 Å². The van der Waals surface area contributed by atoms with Crippen LogP contribution in [0.3, 0.4) is 0 Å². The molecule has 1 N–H and O–H groups in total. The highest BCUT2D eigenvalue weighted by Crippen LogP contribution is 2.29. The van der Waals surface area contributed by atoms with Crippen molar-refractivity contribution in [2.75, 3.05) is 5.32 Å². The molecule has 0 fully saturated rings. The standard InChI is InChI=1S/C22H23FN4OS/c1-5-13-27-20(17-11-6-7-12-18(17)23)25-26-22(27)29-16(4)21(28)24-19-14(2)9-8-10-15(19)3/h5-12,16H,1,13H2,2-4H3,(H,24,28). The van der Waals surface area contributed by atoms with E-state index in [0.29, 0.717) is 23.1 Å². The topological polar surface area (TPSA) is 59.8 Å². The maximum absolute atomic E-state index is 14.2. The predicted octanol–water partition coefficient (Wildman–Crippen LogP) is 5.01. The number of benzene rings is 2. The number of allylic oxidation sites excluding steroid dienone is 1. The van der Waals surface area contributed by atoms with Gasteiger partial charge in [0.05, 0.1) is 10.8 Å². The van der Waals surface area contributed by atoms with Gasteiger partial charge in [-0.1, -0.05) is 48.2 Å². The molecule has 1 unspecified atom stereocenters. The number of hydrogen-bond acceptors (Lipinski definition) is 4. The second kappa shape index (κ2) is 9.05. The molecular weight excluding hydrogens is 387 g/mol. The third-order valence-electron chi connectivity index (χ3n) is 4.52. The fourth-order valence-corrected chi connectivity index (χ4v) is 3.82. The third kappa shape index (κ3) is 4.56. The molecule has 2 aromatic carbocycles. The molecule has 1 aromatic heterocycles. The molecule has 0 saturated heterocycles. The van der Waals surface area contributed by atoms with Crippen molar-refractivity contribution in [3.8, 4) is 11.4 Å². The Balaban J connectivity index is 1.83. The summed E-state index contributed by atoms with van der Waals surface area (Å²) in [6.07, 6.45) is 1.69. The van der Waals surface area contributed by atoms with Crippen molar-refractivity contribution < 1.29 is 9.18 Å². The number of aryl methyl sites for hydroxylation is 2. The lowest BCUT2D eigenvalue weighted by Crippen LogP contribution is -2.24. The molecule has 1 heterocycles. The minimum Gasteiger partial charge on any atom is -0.325 e. The van der Waals surface area contributed by atoms with Crippen LogP contribution >= 0.6 is 11.8 Å². The van der Waals surface area contributed by atoms with Crippen LogP contribution in [0.2, 0.25) is 0 Å². The van der Waals surface area contributed by atoms with E-state index in [1.807, 2.05) is 39.0 Å². The van der Waals surface area contributed by atoms with Gasteiger partial charge in [-0.2, -0.15) is 0 Å². The molecule has 0 spiro atoms. The van der Waals surface area contributed by atoms with Crippen LogP contribution in [0.25, 0.3) is 11.4 Å². The van der Waals surface area contributed by atoms with Gasteiger partial charge in [0, 0.05) is 12.2 Å². The molecule has 29 heavy (non-hydrogen) atoms. The Morgan fingerprint density at radius 2 is 1.90 bits per heavy atom. The van der Waals surface area contributed by atoms with Gasteiger partial charge < -0.3 is 5.32 Å². The molecule has 1 atom stereocenters. The molecule has 150 valence electrons. The second-order valence-electron chi connectivity index (χ2n) is 6.70. The van der Waals surface area contributed by atoms with E-state index in [0.717, 1.165) is 16.8 Å². The SMILES string of the molecule is C=CCn1c(SC(C)C(=O)Nc2c(C)cccc2C)nnc1-c1ccccc1F. The minimum atomic E-state index is -0.421. The fraction of sp³-hybridized carbons (Fsp3) is 0.227. The summed E-state index contributed by atoms with van der Waals surface area (Å²) in [5.74, 6) is -0.0940. The number of hydrogen-bond donors (Lipinski definition) is 1. The number of aromatic nitrogens is 3.